The SMILES string of the molecule is Cc1cccc(C2/C(=C(/O)c3ccc4c(c3)OCCO4)C(=O)C(=O)N2c2ccc(N(C)C)cc2)c1. The Labute approximate surface area is 203 Å². The van der Waals surface area contributed by atoms with E-state index in [1.54, 1.807) is 18.2 Å². The van der Waals surface area contributed by atoms with Crippen molar-refractivity contribution in [2.45, 2.75) is 13.0 Å². The summed E-state index contributed by atoms with van der Waals surface area (Å²) in [5.74, 6) is -0.613. The summed E-state index contributed by atoms with van der Waals surface area (Å²) < 4.78 is 11.2. The Morgan fingerprint density at radius 2 is 1.66 bits per heavy atom. The minimum absolute atomic E-state index is 0.0361. The number of rotatable bonds is 4. The lowest BCUT2D eigenvalue weighted by Crippen LogP contribution is -2.29. The van der Waals surface area contributed by atoms with E-state index in [-0.39, 0.29) is 11.3 Å². The van der Waals surface area contributed by atoms with E-state index in [1.807, 2.05) is 74.4 Å². The number of carbonyl (C=O) groups excluding carboxylic acids is 2. The first-order valence-corrected chi connectivity index (χ1v) is 11.4. The Morgan fingerprint density at radius 3 is 2.34 bits per heavy atom. The van der Waals surface area contributed by atoms with E-state index in [4.69, 9.17) is 9.47 Å². The number of aliphatic hydroxyl groups excluding tert-OH is 1. The Balaban J connectivity index is 1.67. The number of ether oxygens (including phenoxy) is 2. The minimum Gasteiger partial charge on any atom is -0.507 e. The summed E-state index contributed by atoms with van der Waals surface area (Å²) in [6, 6.07) is 19.2. The second-order valence-corrected chi connectivity index (χ2v) is 8.85. The van der Waals surface area contributed by atoms with Crippen LogP contribution >= 0.6 is 0 Å². The highest BCUT2D eigenvalue weighted by atomic mass is 16.6. The monoisotopic (exact) mass is 470 g/mol. The van der Waals surface area contributed by atoms with Crippen molar-refractivity contribution in [1.29, 1.82) is 0 Å². The Morgan fingerprint density at radius 1 is 0.943 bits per heavy atom. The zero-order chi connectivity index (χ0) is 24.7. The zero-order valence-corrected chi connectivity index (χ0v) is 19.8. The molecule has 1 unspecified atom stereocenters. The van der Waals surface area contributed by atoms with Gasteiger partial charge in [-0.25, -0.2) is 0 Å². The molecule has 1 fully saturated rings. The maximum absolute atomic E-state index is 13.4. The van der Waals surface area contributed by atoms with Gasteiger partial charge in [0.1, 0.15) is 19.0 Å². The van der Waals surface area contributed by atoms with Crippen LogP contribution in [0.5, 0.6) is 11.5 Å². The van der Waals surface area contributed by atoms with Crippen molar-refractivity contribution in [2.75, 3.05) is 37.1 Å². The molecule has 0 aromatic heterocycles. The van der Waals surface area contributed by atoms with Crippen molar-refractivity contribution in [2.24, 2.45) is 0 Å². The Kier molecular flexibility index (Phi) is 5.68. The summed E-state index contributed by atoms with van der Waals surface area (Å²) in [7, 11) is 3.86. The molecule has 2 aliphatic rings. The minimum atomic E-state index is -0.784. The summed E-state index contributed by atoms with van der Waals surface area (Å²) in [6.45, 7) is 2.79. The first-order valence-electron chi connectivity index (χ1n) is 11.4. The van der Waals surface area contributed by atoms with Gasteiger partial charge in [-0.3, -0.25) is 14.5 Å². The van der Waals surface area contributed by atoms with E-state index < -0.39 is 17.7 Å². The van der Waals surface area contributed by atoms with Gasteiger partial charge in [0, 0.05) is 31.0 Å². The van der Waals surface area contributed by atoms with E-state index in [0.29, 0.717) is 36.0 Å². The number of Topliss-reactive ketones (excluding diaryl/α,β-unsaturated/α-hetero) is 1. The summed E-state index contributed by atoms with van der Waals surface area (Å²) >= 11 is 0. The third-order valence-corrected chi connectivity index (χ3v) is 6.26. The normalized spacial score (nSPS) is 18.6. The van der Waals surface area contributed by atoms with E-state index in [2.05, 4.69) is 0 Å². The number of hydrogen-bond donors (Lipinski definition) is 1. The number of benzene rings is 3. The second-order valence-electron chi connectivity index (χ2n) is 8.85. The van der Waals surface area contributed by atoms with Crippen molar-refractivity contribution >= 4 is 28.8 Å². The number of nitrogens with zero attached hydrogens (tertiary/aromatic N) is 2. The van der Waals surface area contributed by atoms with Crippen LogP contribution in [-0.2, 0) is 9.59 Å². The van der Waals surface area contributed by atoms with Crippen LogP contribution in [0.3, 0.4) is 0 Å². The van der Waals surface area contributed by atoms with Crippen molar-refractivity contribution in [1.82, 2.24) is 0 Å². The molecule has 7 nitrogen and oxygen atoms in total. The molecule has 5 rings (SSSR count). The Bertz CT molecular complexity index is 1340. The summed E-state index contributed by atoms with van der Waals surface area (Å²) in [6.07, 6.45) is 0. The lowest BCUT2D eigenvalue weighted by Gasteiger charge is -2.26. The average molecular weight is 471 g/mol. The molecule has 1 atom stereocenters. The number of aliphatic hydroxyl groups is 1. The van der Waals surface area contributed by atoms with Gasteiger partial charge in [-0.2, -0.15) is 0 Å². The van der Waals surface area contributed by atoms with Crippen LogP contribution in [0.1, 0.15) is 22.7 Å². The lowest BCUT2D eigenvalue weighted by molar-refractivity contribution is -0.132. The summed E-state index contributed by atoms with van der Waals surface area (Å²) in [5.41, 5.74) is 3.68. The van der Waals surface area contributed by atoms with Gasteiger partial charge in [-0.1, -0.05) is 29.8 Å². The quantitative estimate of drug-likeness (QED) is 0.345. The van der Waals surface area contributed by atoms with E-state index in [1.165, 1.54) is 4.90 Å². The highest BCUT2D eigenvalue weighted by molar-refractivity contribution is 6.51. The van der Waals surface area contributed by atoms with Gasteiger partial charge in [0.05, 0.1) is 11.6 Å². The van der Waals surface area contributed by atoms with Gasteiger partial charge in [0.15, 0.2) is 11.5 Å². The smallest absolute Gasteiger partial charge is 0.300 e. The van der Waals surface area contributed by atoms with Gasteiger partial charge < -0.3 is 19.5 Å². The van der Waals surface area contributed by atoms with Gasteiger partial charge in [-0.15, -0.1) is 0 Å². The number of carbonyl (C=O) groups is 2. The molecule has 3 aromatic carbocycles. The third-order valence-electron chi connectivity index (χ3n) is 6.26. The second kappa shape index (κ2) is 8.83. The van der Waals surface area contributed by atoms with Crippen molar-refractivity contribution in [3.05, 3.63) is 89.0 Å². The fraction of sp³-hybridized carbons (Fsp3) is 0.214. The molecule has 178 valence electrons. The summed E-state index contributed by atoms with van der Waals surface area (Å²) in [4.78, 5) is 30.1. The molecule has 3 aromatic rings. The molecular weight excluding hydrogens is 444 g/mol. The topological polar surface area (TPSA) is 79.3 Å². The van der Waals surface area contributed by atoms with Crippen LogP contribution in [0.2, 0.25) is 0 Å². The first-order chi connectivity index (χ1) is 16.8. The van der Waals surface area contributed by atoms with Crippen molar-refractivity contribution < 1.29 is 24.2 Å². The highest BCUT2D eigenvalue weighted by Crippen LogP contribution is 2.43. The molecule has 0 spiro atoms. The number of aryl methyl sites for hydroxylation is 1. The number of amides is 1. The van der Waals surface area contributed by atoms with Crippen LogP contribution in [-0.4, -0.2) is 44.1 Å². The van der Waals surface area contributed by atoms with Gasteiger partial charge >= 0.3 is 0 Å². The standard InChI is InChI=1S/C28H26N2O5/c1-17-5-4-6-18(15-17)25-24(26(31)19-7-12-22-23(16-19)35-14-13-34-22)27(32)28(33)30(25)21-10-8-20(9-11-21)29(2)3/h4-12,15-16,25,31H,13-14H2,1-3H3/b26-24-. The molecule has 2 aliphatic heterocycles. The fourth-order valence-electron chi connectivity index (χ4n) is 4.51. The van der Waals surface area contributed by atoms with Crippen LogP contribution in [0, 0.1) is 6.92 Å². The molecule has 35 heavy (non-hydrogen) atoms. The molecule has 0 saturated carbocycles. The van der Waals surface area contributed by atoms with Gasteiger partial charge in [0.2, 0.25) is 0 Å². The molecule has 1 amide bonds. The molecule has 0 bridgehead atoms. The molecule has 2 heterocycles. The molecule has 0 radical (unpaired) electrons. The predicted molar refractivity (Wildman–Crippen MR) is 134 cm³/mol. The number of anilines is 2. The highest BCUT2D eigenvalue weighted by Gasteiger charge is 2.47. The van der Waals surface area contributed by atoms with E-state index in [9.17, 15) is 14.7 Å². The summed E-state index contributed by atoms with van der Waals surface area (Å²) in [5, 5.41) is 11.4. The van der Waals surface area contributed by atoms with Gasteiger partial charge in [0.25, 0.3) is 11.7 Å². The maximum Gasteiger partial charge on any atom is 0.300 e. The maximum atomic E-state index is 13.4. The van der Waals surface area contributed by atoms with Crippen LogP contribution in [0.25, 0.3) is 5.76 Å². The zero-order valence-electron chi connectivity index (χ0n) is 19.8. The van der Waals surface area contributed by atoms with Crippen LogP contribution in [0.4, 0.5) is 11.4 Å². The number of ketones is 1. The van der Waals surface area contributed by atoms with E-state index in [0.717, 1.165) is 16.8 Å². The molecule has 7 heteroatoms. The van der Waals surface area contributed by atoms with Gasteiger partial charge in [-0.05, 0) is 55.0 Å². The number of hydrogen-bond acceptors (Lipinski definition) is 6. The van der Waals surface area contributed by atoms with Crippen molar-refractivity contribution in [3.8, 4) is 11.5 Å². The predicted octanol–water partition coefficient (Wildman–Crippen LogP) is 4.46. The number of fused-ring (bicyclic) bond motifs is 1. The fourth-order valence-corrected chi connectivity index (χ4v) is 4.51. The van der Waals surface area contributed by atoms with Crippen LogP contribution < -0.4 is 19.3 Å². The molecular formula is C28H26N2O5. The third kappa shape index (κ3) is 3.99. The van der Waals surface area contributed by atoms with Crippen molar-refractivity contribution in [3.63, 3.8) is 0 Å². The largest absolute Gasteiger partial charge is 0.507 e. The molecule has 0 aliphatic carbocycles. The average Bonchev–Trinajstić information content (AvgIpc) is 3.13. The molecule has 1 N–H and O–H groups in total. The molecule has 1 saturated heterocycles. The lowest BCUT2D eigenvalue weighted by atomic mass is 9.94. The van der Waals surface area contributed by atoms with E-state index >= 15 is 0 Å². The van der Waals surface area contributed by atoms with Crippen LogP contribution in [0.15, 0.2) is 72.3 Å². The Hall–Kier alpha value is -4.26. The first kappa shape index (κ1) is 22.5.